The monoisotopic (exact) mass is 241 g/mol. The van der Waals surface area contributed by atoms with Crippen LogP contribution in [0.15, 0.2) is 15.8 Å². The molecule has 17 heavy (non-hydrogen) atoms. The van der Waals surface area contributed by atoms with Gasteiger partial charge in [0, 0.05) is 6.54 Å². The maximum absolute atomic E-state index is 13.0. The van der Waals surface area contributed by atoms with Crippen LogP contribution in [0.5, 0.6) is 0 Å². The second-order valence-corrected chi connectivity index (χ2v) is 4.41. The number of aromatic nitrogens is 2. The molecule has 0 aliphatic carbocycles. The van der Waals surface area contributed by atoms with Gasteiger partial charge in [0.25, 0.3) is 5.56 Å². The van der Waals surface area contributed by atoms with Gasteiger partial charge in [-0.2, -0.15) is 4.39 Å². The third-order valence-corrected chi connectivity index (χ3v) is 3.20. The summed E-state index contributed by atoms with van der Waals surface area (Å²) < 4.78 is 14.2. The van der Waals surface area contributed by atoms with Crippen LogP contribution in [0.4, 0.5) is 4.39 Å². The Morgan fingerprint density at radius 1 is 1.35 bits per heavy atom. The van der Waals surface area contributed by atoms with Crippen LogP contribution in [-0.4, -0.2) is 22.6 Å². The summed E-state index contributed by atoms with van der Waals surface area (Å²) in [6.45, 7) is 2.45. The Morgan fingerprint density at radius 3 is 2.76 bits per heavy atom. The topological polar surface area (TPSA) is 66.9 Å². The molecule has 0 unspecified atom stereocenters. The van der Waals surface area contributed by atoms with Gasteiger partial charge in [-0.15, -0.1) is 0 Å². The third-order valence-electron chi connectivity index (χ3n) is 3.20. The van der Waals surface area contributed by atoms with Crippen molar-refractivity contribution in [2.45, 2.75) is 25.8 Å². The zero-order chi connectivity index (χ0) is 12.3. The van der Waals surface area contributed by atoms with Gasteiger partial charge in [-0.3, -0.25) is 14.3 Å². The molecule has 1 aromatic heterocycles. The predicted molar refractivity (Wildman–Crippen MR) is 61.5 cm³/mol. The SMILES string of the molecule is O=c1[nH]c(=O)n(CCC2CCNCC2)cc1F. The van der Waals surface area contributed by atoms with Crippen molar-refractivity contribution in [3.8, 4) is 0 Å². The highest BCUT2D eigenvalue weighted by molar-refractivity contribution is 4.87. The molecule has 1 aliphatic rings. The number of aryl methyl sites for hydroxylation is 1. The van der Waals surface area contributed by atoms with E-state index in [-0.39, 0.29) is 0 Å². The molecule has 1 saturated heterocycles. The van der Waals surface area contributed by atoms with Crippen LogP contribution in [0, 0.1) is 11.7 Å². The summed E-state index contributed by atoms with van der Waals surface area (Å²) >= 11 is 0. The van der Waals surface area contributed by atoms with Gasteiger partial charge >= 0.3 is 5.69 Å². The standard InChI is InChI=1S/C11H16FN3O2/c12-9-7-15(11(17)14-10(9)16)6-3-8-1-4-13-5-2-8/h7-8,13H,1-6H2,(H,14,16,17). The highest BCUT2D eigenvalue weighted by Crippen LogP contribution is 2.16. The fraction of sp³-hybridized carbons (Fsp3) is 0.636. The summed E-state index contributed by atoms with van der Waals surface area (Å²) in [5.74, 6) is -0.340. The highest BCUT2D eigenvalue weighted by Gasteiger charge is 2.13. The normalized spacial score (nSPS) is 17.2. The molecule has 0 spiro atoms. The smallest absolute Gasteiger partial charge is 0.317 e. The molecule has 0 bridgehead atoms. The Kier molecular flexibility index (Phi) is 3.73. The van der Waals surface area contributed by atoms with Gasteiger partial charge in [0.2, 0.25) is 5.82 Å². The molecule has 1 fully saturated rings. The number of rotatable bonds is 3. The lowest BCUT2D eigenvalue weighted by molar-refractivity contribution is 0.334. The maximum Gasteiger partial charge on any atom is 0.328 e. The van der Waals surface area contributed by atoms with E-state index >= 15 is 0 Å². The van der Waals surface area contributed by atoms with Crippen LogP contribution in [0.2, 0.25) is 0 Å². The summed E-state index contributed by atoms with van der Waals surface area (Å²) in [5.41, 5.74) is -1.49. The molecule has 2 N–H and O–H groups in total. The maximum atomic E-state index is 13.0. The molecule has 94 valence electrons. The van der Waals surface area contributed by atoms with Gasteiger partial charge in [0.05, 0.1) is 6.20 Å². The lowest BCUT2D eigenvalue weighted by atomic mass is 9.95. The molecule has 0 atom stereocenters. The van der Waals surface area contributed by atoms with Gasteiger partial charge in [-0.25, -0.2) is 4.79 Å². The summed E-state index contributed by atoms with van der Waals surface area (Å²) in [6.07, 6.45) is 4.00. The van der Waals surface area contributed by atoms with E-state index in [4.69, 9.17) is 0 Å². The van der Waals surface area contributed by atoms with Gasteiger partial charge in [0.15, 0.2) is 0 Å². The van der Waals surface area contributed by atoms with Gasteiger partial charge < -0.3 is 5.32 Å². The van der Waals surface area contributed by atoms with E-state index in [2.05, 4.69) is 5.32 Å². The Balaban J connectivity index is 2.01. The van der Waals surface area contributed by atoms with Gasteiger partial charge in [-0.05, 0) is 38.3 Å². The first kappa shape index (κ1) is 12.0. The molecule has 6 heteroatoms. The fourth-order valence-electron chi connectivity index (χ4n) is 2.14. The first-order chi connectivity index (χ1) is 8.16. The second-order valence-electron chi connectivity index (χ2n) is 4.41. The number of hydrogen-bond acceptors (Lipinski definition) is 3. The number of hydrogen-bond donors (Lipinski definition) is 2. The number of nitrogens with one attached hydrogen (secondary N) is 2. The van der Waals surface area contributed by atoms with Crippen molar-refractivity contribution in [1.29, 1.82) is 0 Å². The number of nitrogens with zero attached hydrogens (tertiary/aromatic N) is 1. The molecule has 1 aromatic rings. The van der Waals surface area contributed by atoms with E-state index in [1.54, 1.807) is 0 Å². The minimum absolute atomic E-state index is 0.456. The Hall–Kier alpha value is -1.43. The molecule has 2 rings (SSSR count). The molecule has 1 aliphatic heterocycles. The average molecular weight is 241 g/mol. The molecular formula is C11H16FN3O2. The molecular weight excluding hydrogens is 225 g/mol. The van der Waals surface area contributed by atoms with E-state index in [1.165, 1.54) is 4.57 Å². The van der Waals surface area contributed by atoms with E-state index in [0.29, 0.717) is 12.5 Å². The first-order valence-electron chi connectivity index (χ1n) is 5.87. The minimum Gasteiger partial charge on any atom is -0.317 e. The Labute approximate surface area is 97.7 Å². The summed E-state index contributed by atoms with van der Waals surface area (Å²) in [4.78, 5) is 24.2. The zero-order valence-corrected chi connectivity index (χ0v) is 9.54. The van der Waals surface area contributed by atoms with Crippen molar-refractivity contribution in [3.63, 3.8) is 0 Å². The van der Waals surface area contributed by atoms with E-state index < -0.39 is 17.1 Å². The zero-order valence-electron chi connectivity index (χ0n) is 9.54. The molecule has 0 radical (unpaired) electrons. The number of piperidine rings is 1. The van der Waals surface area contributed by atoms with Crippen LogP contribution in [0.25, 0.3) is 0 Å². The molecule has 2 heterocycles. The van der Waals surface area contributed by atoms with E-state index in [0.717, 1.165) is 38.5 Å². The van der Waals surface area contributed by atoms with Gasteiger partial charge in [-0.1, -0.05) is 0 Å². The summed E-state index contributed by atoms with van der Waals surface area (Å²) in [7, 11) is 0. The van der Waals surface area contributed by atoms with Crippen molar-refractivity contribution in [1.82, 2.24) is 14.9 Å². The van der Waals surface area contributed by atoms with Crippen LogP contribution in [-0.2, 0) is 6.54 Å². The Bertz CT molecular complexity index is 488. The van der Waals surface area contributed by atoms with Crippen molar-refractivity contribution in [2.75, 3.05) is 13.1 Å². The van der Waals surface area contributed by atoms with E-state index in [1.807, 2.05) is 4.98 Å². The van der Waals surface area contributed by atoms with Crippen molar-refractivity contribution in [2.24, 2.45) is 5.92 Å². The Morgan fingerprint density at radius 2 is 2.06 bits per heavy atom. The second kappa shape index (κ2) is 5.27. The number of aromatic amines is 1. The predicted octanol–water partition coefficient (Wildman–Crippen LogP) is 0.0654. The van der Waals surface area contributed by atoms with Crippen LogP contribution < -0.4 is 16.6 Å². The molecule has 0 aromatic carbocycles. The fourth-order valence-corrected chi connectivity index (χ4v) is 2.14. The quantitative estimate of drug-likeness (QED) is 0.786. The third kappa shape index (κ3) is 3.03. The molecule has 0 saturated carbocycles. The van der Waals surface area contributed by atoms with E-state index in [9.17, 15) is 14.0 Å². The lowest BCUT2D eigenvalue weighted by Crippen LogP contribution is -2.33. The van der Waals surface area contributed by atoms with Crippen molar-refractivity contribution < 1.29 is 4.39 Å². The summed E-state index contributed by atoms with van der Waals surface area (Å²) in [5, 5.41) is 3.26. The molecule has 5 nitrogen and oxygen atoms in total. The average Bonchev–Trinajstić information content (AvgIpc) is 2.33. The highest BCUT2D eigenvalue weighted by atomic mass is 19.1. The van der Waals surface area contributed by atoms with Crippen LogP contribution in [0.3, 0.4) is 0 Å². The largest absolute Gasteiger partial charge is 0.328 e. The lowest BCUT2D eigenvalue weighted by Gasteiger charge is -2.22. The number of halogens is 1. The van der Waals surface area contributed by atoms with Crippen molar-refractivity contribution >= 4 is 0 Å². The van der Waals surface area contributed by atoms with Crippen LogP contribution in [0.1, 0.15) is 19.3 Å². The molecule has 0 amide bonds. The van der Waals surface area contributed by atoms with Crippen molar-refractivity contribution in [3.05, 3.63) is 32.9 Å². The summed E-state index contributed by atoms with van der Waals surface area (Å²) in [6, 6.07) is 0. The van der Waals surface area contributed by atoms with Crippen LogP contribution >= 0.6 is 0 Å². The minimum atomic E-state index is -0.951. The van der Waals surface area contributed by atoms with Gasteiger partial charge in [0.1, 0.15) is 0 Å². The first-order valence-corrected chi connectivity index (χ1v) is 5.87. The number of H-pyrrole nitrogens is 1.